The molecule has 1 aromatic carbocycles. The highest BCUT2D eigenvalue weighted by Crippen LogP contribution is 2.09. The molecule has 0 heterocycles. The molecule has 5 nitrogen and oxygen atoms in total. The molecular formula is C15H22N2O3. The van der Waals surface area contributed by atoms with E-state index in [0.29, 0.717) is 5.56 Å². The van der Waals surface area contributed by atoms with Crippen molar-refractivity contribution in [1.82, 2.24) is 10.6 Å². The summed E-state index contributed by atoms with van der Waals surface area (Å²) in [6.45, 7) is 3.94. The number of aliphatic hydroxyl groups excluding tert-OH is 1. The molecule has 2 amide bonds. The molecule has 0 aromatic heterocycles. The quantitative estimate of drug-likeness (QED) is 0.694. The monoisotopic (exact) mass is 278 g/mol. The van der Waals surface area contributed by atoms with Gasteiger partial charge in [0, 0.05) is 12.1 Å². The average Bonchev–Trinajstić information content (AvgIpc) is 2.50. The van der Waals surface area contributed by atoms with Crippen LogP contribution in [0.2, 0.25) is 0 Å². The summed E-state index contributed by atoms with van der Waals surface area (Å²) in [7, 11) is 0. The molecule has 1 rings (SSSR count). The Balaban J connectivity index is 2.74. The average molecular weight is 278 g/mol. The number of rotatable bonds is 7. The first-order chi connectivity index (χ1) is 9.60. The number of aliphatic hydroxyl groups is 1. The predicted molar refractivity (Wildman–Crippen MR) is 77.2 cm³/mol. The van der Waals surface area contributed by atoms with Crippen LogP contribution in [0.3, 0.4) is 0 Å². The van der Waals surface area contributed by atoms with Gasteiger partial charge in [0.1, 0.15) is 6.04 Å². The van der Waals surface area contributed by atoms with Gasteiger partial charge in [-0.15, -0.1) is 0 Å². The molecule has 0 saturated carbocycles. The summed E-state index contributed by atoms with van der Waals surface area (Å²) in [5.74, 6) is -0.519. The summed E-state index contributed by atoms with van der Waals surface area (Å²) in [4.78, 5) is 24.1. The fourth-order valence-electron chi connectivity index (χ4n) is 1.81. The van der Waals surface area contributed by atoms with Crippen molar-refractivity contribution in [3.63, 3.8) is 0 Å². The maximum atomic E-state index is 12.1. The Morgan fingerprint density at radius 2 is 1.90 bits per heavy atom. The van der Waals surface area contributed by atoms with Crippen LogP contribution < -0.4 is 10.6 Å². The summed E-state index contributed by atoms with van der Waals surface area (Å²) in [5, 5.41) is 14.1. The summed E-state index contributed by atoms with van der Waals surface area (Å²) < 4.78 is 0. The van der Waals surface area contributed by atoms with Crippen LogP contribution in [0.4, 0.5) is 0 Å². The van der Waals surface area contributed by atoms with Crippen LogP contribution in [0.25, 0.3) is 0 Å². The van der Waals surface area contributed by atoms with Gasteiger partial charge in [-0.3, -0.25) is 9.59 Å². The number of benzene rings is 1. The van der Waals surface area contributed by atoms with E-state index in [1.807, 2.05) is 19.9 Å². The second-order valence-corrected chi connectivity index (χ2v) is 4.72. The SMILES string of the molecule is CCC(C)C(NC(=O)c1ccccc1)C(=O)NCCO. The Morgan fingerprint density at radius 1 is 1.25 bits per heavy atom. The second-order valence-electron chi connectivity index (χ2n) is 4.72. The lowest BCUT2D eigenvalue weighted by Crippen LogP contribution is -2.50. The van der Waals surface area contributed by atoms with Crippen LogP contribution in [-0.4, -0.2) is 36.1 Å². The fourth-order valence-corrected chi connectivity index (χ4v) is 1.81. The van der Waals surface area contributed by atoms with Crippen molar-refractivity contribution in [2.75, 3.05) is 13.2 Å². The lowest BCUT2D eigenvalue weighted by atomic mass is 9.98. The third-order valence-corrected chi connectivity index (χ3v) is 3.23. The van der Waals surface area contributed by atoms with Crippen LogP contribution in [0.1, 0.15) is 30.6 Å². The molecule has 0 saturated heterocycles. The van der Waals surface area contributed by atoms with Crippen molar-refractivity contribution in [3.05, 3.63) is 35.9 Å². The van der Waals surface area contributed by atoms with Gasteiger partial charge in [0.15, 0.2) is 0 Å². The van der Waals surface area contributed by atoms with Gasteiger partial charge < -0.3 is 15.7 Å². The maximum absolute atomic E-state index is 12.1. The zero-order chi connectivity index (χ0) is 15.0. The normalized spacial score (nSPS) is 13.3. The molecule has 0 aliphatic rings. The van der Waals surface area contributed by atoms with Crippen molar-refractivity contribution in [2.45, 2.75) is 26.3 Å². The van der Waals surface area contributed by atoms with E-state index in [0.717, 1.165) is 6.42 Å². The molecule has 0 bridgehead atoms. The molecule has 0 radical (unpaired) electrons. The minimum absolute atomic E-state index is 0.0151. The van der Waals surface area contributed by atoms with E-state index >= 15 is 0 Å². The number of hydrogen-bond donors (Lipinski definition) is 3. The van der Waals surface area contributed by atoms with Crippen LogP contribution in [0, 0.1) is 5.92 Å². The van der Waals surface area contributed by atoms with Gasteiger partial charge in [0.25, 0.3) is 5.91 Å². The van der Waals surface area contributed by atoms with Crippen LogP contribution in [-0.2, 0) is 4.79 Å². The summed E-state index contributed by atoms with van der Waals surface area (Å²) in [6.07, 6.45) is 0.770. The lowest BCUT2D eigenvalue weighted by molar-refractivity contribution is -0.124. The largest absolute Gasteiger partial charge is 0.395 e. The van der Waals surface area contributed by atoms with Crippen molar-refractivity contribution in [2.24, 2.45) is 5.92 Å². The molecule has 5 heteroatoms. The lowest BCUT2D eigenvalue weighted by Gasteiger charge is -2.23. The fraction of sp³-hybridized carbons (Fsp3) is 0.467. The minimum atomic E-state index is -0.598. The molecule has 110 valence electrons. The number of carbonyl (C=O) groups is 2. The molecule has 0 spiro atoms. The van der Waals surface area contributed by atoms with Gasteiger partial charge in [-0.25, -0.2) is 0 Å². The maximum Gasteiger partial charge on any atom is 0.251 e. The molecule has 3 N–H and O–H groups in total. The second kappa shape index (κ2) is 8.32. The van der Waals surface area contributed by atoms with Crippen molar-refractivity contribution in [3.8, 4) is 0 Å². The topological polar surface area (TPSA) is 78.4 Å². The Bertz CT molecular complexity index is 434. The van der Waals surface area contributed by atoms with Crippen LogP contribution >= 0.6 is 0 Å². The Morgan fingerprint density at radius 3 is 2.45 bits per heavy atom. The molecule has 20 heavy (non-hydrogen) atoms. The molecular weight excluding hydrogens is 256 g/mol. The molecule has 2 atom stereocenters. The first-order valence-electron chi connectivity index (χ1n) is 6.84. The highest BCUT2D eigenvalue weighted by Gasteiger charge is 2.25. The van der Waals surface area contributed by atoms with E-state index in [4.69, 9.17) is 5.11 Å². The molecule has 1 aromatic rings. The molecule has 0 aliphatic carbocycles. The summed E-state index contributed by atoms with van der Waals surface area (Å²) in [5.41, 5.74) is 0.524. The van der Waals surface area contributed by atoms with E-state index in [1.165, 1.54) is 0 Å². The Hall–Kier alpha value is -1.88. The number of carbonyl (C=O) groups excluding carboxylic acids is 2. The van der Waals surface area contributed by atoms with Crippen LogP contribution in [0.5, 0.6) is 0 Å². The van der Waals surface area contributed by atoms with E-state index < -0.39 is 6.04 Å². The smallest absolute Gasteiger partial charge is 0.251 e. The Kier molecular flexibility index (Phi) is 6.73. The standard InChI is InChI=1S/C15H22N2O3/c1-3-11(2)13(15(20)16-9-10-18)17-14(19)12-7-5-4-6-8-12/h4-8,11,13,18H,3,9-10H2,1-2H3,(H,16,20)(H,17,19). The Labute approximate surface area is 119 Å². The first kappa shape index (κ1) is 16.2. The molecule has 2 unspecified atom stereocenters. The van der Waals surface area contributed by atoms with Gasteiger partial charge >= 0.3 is 0 Å². The number of amides is 2. The third-order valence-electron chi connectivity index (χ3n) is 3.23. The zero-order valence-corrected chi connectivity index (χ0v) is 11.9. The van der Waals surface area contributed by atoms with Gasteiger partial charge in [0.05, 0.1) is 6.61 Å². The van der Waals surface area contributed by atoms with Gasteiger partial charge in [-0.1, -0.05) is 38.5 Å². The zero-order valence-electron chi connectivity index (χ0n) is 11.9. The first-order valence-corrected chi connectivity index (χ1v) is 6.84. The highest BCUT2D eigenvalue weighted by atomic mass is 16.3. The molecule has 0 aliphatic heterocycles. The van der Waals surface area contributed by atoms with Gasteiger partial charge in [-0.2, -0.15) is 0 Å². The van der Waals surface area contributed by atoms with Crippen LogP contribution in [0.15, 0.2) is 30.3 Å². The van der Waals surface area contributed by atoms with Gasteiger partial charge in [-0.05, 0) is 18.1 Å². The summed E-state index contributed by atoms with van der Waals surface area (Å²) in [6, 6.07) is 8.19. The third kappa shape index (κ3) is 4.66. The molecule has 0 fully saturated rings. The van der Waals surface area contributed by atoms with Gasteiger partial charge in [0.2, 0.25) is 5.91 Å². The number of hydrogen-bond acceptors (Lipinski definition) is 3. The number of nitrogens with one attached hydrogen (secondary N) is 2. The van der Waals surface area contributed by atoms with E-state index in [1.54, 1.807) is 24.3 Å². The minimum Gasteiger partial charge on any atom is -0.395 e. The van der Waals surface area contributed by atoms with E-state index in [9.17, 15) is 9.59 Å². The van der Waals surface area contributed by atoms with Crippen molar-refractivity contribution in [1.29, 1.82) is 0 Å². The summed E-state index contributed by atoms with van der Waals surface area (Å²) >= 11 is 0. The van der Waals surface area contributed by atoms with E-state index in [-0.39, 0.29) is 30.9 Å². The van der Waals surface area contributed by atoms with Crippen molar-refractivity contribution < 1.29 is 14.7 Å². The van der Waals surface area contributed by atoms with Crippen molar-refractivity contribution >= 4 is 11.8 Å². The van der Waals surface area contributed by atoms with E-state index in [2.05, 4.69) is 10.6 Å². The predicted octanol–water partition coefficient (Wildman–Crippen LogP) is 0.940. The highest BCUT2D eigenvalue weighted by molar-refractivity contribution is 5.97.